The molecule has 0 spiro atoms. The Balaban J connectivity index is 1.34. The highest BCUT2D eigenvalue weighted by Gasteiger charge is 2.32. The molecule has 30 heavy (non-hydrogen) atoms. The van der Waals surface area contributed by atoms with Gasteiger partial charge in [-0.1, -0.05) is 12.1 Å². The summed E-state index contributed by atoms with van der Waals surface area (Å²) in [6.07, 6.45) is 1.25. The van der Waals surface area contributed by atoms with E-state index in [1.807, 2.05) is 24.3 Å². The van der Waals surface area contributed by atoms with E-state index in [0.29, 0.717) is 43.3 Å². The smallest absolute Gasteiger partial charge is 0.253 e. The molecule has 0 radical (unpaired) electrons. The van der Waals surface area contributed by atoms with Gasteiger partial charge in [0.1, 0.15) is 12.4 Å². The van der Waals surface area contributed by atoms with Crippen LogP contribution in [0.1, 0.15) is 23.2 Å². The van der Waals surface area contributed by atoms with E-state index in [4.69, 9.17) is 9.47 Å². The first-order valence-electron chi connectivity index (χ1n) is 10.2. The molecule has 158 valence electrons. The van der Waals surface area contributed by atoms with Crippen LogP contribution in [0.5, 0.6) is 11.5 Å². The van der Waals surface area contributed by atoms with Gasteiger partial charge in [-0.15, -0.1) is 0 Å². The summed E-state index contributed by atoms with van der Waals surface area (Å²) in [7, 11) is 1.76. The molecule has 0 saturated carbocycles. The first-order valence-corrected chi connectivity index (χ1v) is 10.2. The van der Waals surface area contributed by atoms with Gasteiger partial charge in [0.2, 0.25) is 5.91 Å². The summed E-state index contributed by atoms with van der Waals surface area (Å²) >= 11 is 0. The van der Waals surface area contributed by atoms with Crippen molar-refractivity contribution in [2.45, 2.75) is 18.9 Å². The summed E-state index contributed by atoms with van der Waals surface area (Å²) in [5, 5.41) is 0. The molecule has 2 heterocycles. The van der Waals surface area contributed by atoms with E-state index in [2.05, 4.69) is 0 Å². The number of likely N-dealkylation sites (N-methyl/N-ethyl adjacent to an activating group) is 1. The van der Waals surface area contributed by atoms with Gasteiger partial charge in [0.05, 0.1) is 12.5 Å². The molecule has 1 saturated heterocycles. The van der Waals surface area contributed by atoms with Crippen LogP contribution in [-0.4, -0.2) is 61.0 Å². The number of amides is 2. The van der Waals surface area contributed by atoms with Gasteiger partial charge in [0, 0.05) is 25.7 Å². The molecule has 6 nitrogen and oxygen atoms in total. The molecule has 0 bridgehead atoms. The summed E-state index contributed by atoms with van der Waals surface area (Å²) in [6, 6.07) is 13.0. The highest BCUT2D eigenvalue weighted by atomic mass is 19.1. The van der Waals surface area contributed by atoms with Crippen molar-refractivity contribution in [3.8, 4) is 11.5 Å². The van der Waals surface area contributed by atoms with Gasteiger partial charge in [-0.3, -0.25) is 9.59 Å². The molecule has 4 rings (SSSR count). The van der Waals surface area contributed by atoms with Gasteiger partial charge in [0.15, 0.2) is 17.6 Å². The molecular formula is C23H25FN2O4. The predicted octanol–water partition coefficient (Wildman–Crippen LogP) is 2.98. The molecule has 2 aromatic rings. The van der Waals surface area contributed by atoms with Crippen LogP contribution >= 0.6 is 0 Å². The fourth-order valence-electron chi connectivity index (χ4n) is 4.00. The first-order chi connectivity index (χ1) is 14.5. The third kappa shape index (κ3) is 4.40. The van der Waals surface area contributed by atoms with E-state index in [1.165, 1.54) is 24.3 Å². The van der Waals surface area contributed by atoms with Crippen molar-refractivity contribution in [1.29, 1.82) is 0 Å². The lowest BCUT2D eigenvalue weighted by Gasteiger charge is -2.35. The molecular weight excluding hydrogens is 387 g/mol. The third-order valence-corrected chi connectivity index (χ3v) is 5.57. The van der Waals surface area contributed by atoms with Crippen molar-refractivity contribution in [2.24, 2.45) is 5.92 Å². The lowest BCUT2D eigenvalue weighted by Crippen LogP contribution is -2.48. The van der Waals surface area contributed by atoms with E-state index in [0.717, 1.165) is 12.8 Å². The van der Waals surface area contributed by atoms with Gasteiger partial charge in [-0.25, -0.2) is 4.39 Å². The number of hydrogen-bond acceptors (Lipinski definition) is 4. The number of hydrogen-bond donors (Lipinski definition) is 0. The average Bonchev–Trinajstić information content (AvgIpc) is 2.78. The van der Waals surface area contributed by atoms with Crippen LogP contribution < -0.4 is 9.47 Å². The molecule has 0 aliphatic carbocycles. The van der Waals surface area contributed by atoms with Crippen molar-refractivity contribution in [3.63, 3.8) is 0 Å². The number of likely N-dealkylation sites (tertiary alicyclic amines) is 1. The number of nitrogens with zero attached hydrogens (tertiary/aromatic N) is 2. The SMILES string of the molecule is CN(C[C@@H]1COc2ccccc2O1)C(=O)[C@@H]1CCCN(C(=O)c2ccc(F)cc2)C1. The normalized spacial score (nSPS) is 20.5. The Morgan fingerprint density at radius 2 is 1.87 bits per heavy atom. The molecule has 2 amide bonds. The Hall–Kier alpha value is -3.09. The van der Waals surface area contributed by atoms with E-state index in [-0.39, 0.29) is 29.7 Å². The zero-order valence-electron chi connectivity index (χ0n) is 16.9. The van der Waals surface area contributed by atoms with Gasteiger partial charge in [-0.05, 0) is 49.2 Å². The minimum atomic E-state index is -0.378. The molecule has 2 atom stereocenters. The summed E-state index contributed by atoms with van der Waals surface area (Å²) in [5.41, 5.74) is 0.435. The minimum absolute atomic E-state index is 0.00550. The number of carbonyl (C=O) groups is 2. The topological polar surface area (TPSA) is 59.1 Å². The van der Waals surface area contributed by atoms with Crippen molar-refractivity contribution in [1.82, 2.24) is 9.80 Å². The lowest BCUT2D eigenvalue weighted by molar-refractivity contribution is -0.137. The molecule has 1 fully saturated rings. The number of para-hydroxylation sites is 2. The van der Waals surface area contributed by atoms with Crippen molar-refractivity contribution < 1.29 is 23.5 Å². The molecule has 0 N–H and O–H groups in total. The van der Waals surface area contributed by atoms with Gasteiger partial charge in [-0.2, -0.15) is 0 Å². The molecule has 0 aromatic heterocycles. The average molecular weight is 412 g/mol. The van der Waals surface area contributed by atoms with E-state index >= 15 is 0 Å². The number of carbonyl (C=O) groups excluding carboxylic acids is 2. The maximum absolute atomic E-state index is 13.1. The van der Waals surface area contributed by atoms with E-state index in [1.54, 1.807) is 16.8 Å². The second-order valence-electron chi connectivity index (χ2n) is 7.81. The van der Waals surface area contributed by atoms with Crippen molar-refractivity contribution in [2.75, 3.05) is 33.3 Å². The van der Waals surface area contributed by atoms with Gasteiger partial charge < -0.3 is 19.3 Å². The van der Waals surface area contributed by atoms with Crippen LogP contribution in [0.4, 0.5) is 4.39 Å². The van der Waals surface area contributed by atoms with Crippen LogP contribution in [-0.2, 0) is 4.79 Å². The van der Waals surface area contributed by atoms with Crippen LogP contribution in [0.3, 0.4) is 0 Å². The maximum Gasteiger partial charge on any atom is 0.253 e. The van der Waals surface area contributed by atoms with E-state index < -0.39 is 0 Å². The second kappa shape index (κ2) is 8.73. The van der Waals surface area contributed by atoms with E-state index in [9.17, 15) is 14.0 Å². The Bertz CT molecular complexity index is 918. The van der Waals surface area contributed by atoms with Crippen molar-refractivity contribution in [3.05, 3.63) is 59.9 Å². The van der Waals surface area contributed by atoms with Crippen LogP contribution in [0.25, 0.3) is 0 Å². The molecule has 2 aliphatic rings. The Kier molecular flexibility index (Phi) is 5.88. The number of benzene rings is 2. The standard InChI is InChI=1S/C23H25FN2O4/c1-25(14-19-15-29-20-6-2-3-7-21(20)30-19)22(27)17-5-4-12-26(13-17)23(28)16-8-10-18(24)11-9-16/h2-3,6-11,17,19H,4-5,12-15H2,1H3/t17-,19-/m1/s1. The maximum atomic E-state index is 13.1. The highest BCUT2D eigenvalue weighted by Crippen LogP contribution is 2.31. The van der Waals surface area contributed by atoms with Crippen LogP contribution in [0.15, 0.2) is 48.5 Å². The third-order valence-electron chi connectivity index (χ3n) is 5.57. The fraction of sp³-hybridized carbons (Fsp3) is 0.391. The Morgan fingerprint density at radius 3 is 2.63 bits per heavy atom. The van der Waals surface area contributed by atoms with Crippen molar-refractivity contribution >= 4 is 11.8 Å². The number of piperidine rings is 1. The zero-order valence-corrected chi connectivity index (χ0v) is 16.9. The summed E-state index contributed by atoms with van der Waals surface area (Å²) in [6.45, 7) is 1.76. The summed E-state index contributed by atoms with van der Waals surface area (Å²) in [5.74, 6) is 0.583. The fourth-order valence-corrected chi connectivity index (χ4v) is 4.00. The second-order valence-corrected chi connectivity index (χ2v) is 7.81. The first kappa shape index (κ1) is 20.2. The summed E-state index contributed by atoms with van der Waals surface area (Å²) < 4.78 is 24.8. The monoisotopic (exact) mass is 412 g/mol. The number of ether oxygens (including phenoxy) is 2. The Labute approximate surface area is 175 Å². The molecule has 2 aromatic carbocycles. The van der Waals surface area contributed by atoms with Gasteiger partial charge >= 0.3 is 0 Å². The van der Waals surface area contributed by atoms with Crippen LogP contribution in [0.2, 0.25) is 0 Å². The molecule has 7 heteroatoms. The predicted molar refractivity (Wildman–Crippen MR) is 109 cm³/mol. The largest absolute Gasteiger partial charge is 0.486 e. The highest BCUT2D eigenvalue weighted by molar-refractivity contribution is 5.94. The minimum Gasteiger partial charge on any atom is -0.486 e. The zero-order chi connectivity index (χ0) is 21.1. The van der Waals surface area contributed by atoms with Crippen LogP contribution in [0, 0.1) is 11.7 Å². The lowest BCUT2D eigenvalue weighted by atomic mass is 9.96. The molecule has 0 unspecified atom stereocenters. The Morgan fingerprint density at radius 1 is 1.13 bits per heavy atom. The quantitative estimate of drug-likeness (QED) is 0.775. The number of fused-ring (bicyclic) bond motifs is 1. The number of halogens is 1. The van der Waals surface area contributed by atoms with Gasteiger partial charge in [0.25, 0.3) is 5.91 Å². The summed E-state index contributed by atoms with van der Waals surface area (Å²) in [4.78, 5) is 29.1. The molecule has 2 aliphatic heterocycles. The number of rotatable bonds is 4.